The Hall–Kier alpha value is -8.25. The van der Waals surface area contributed by atoms with Gasteiger partial charge in [-0.1, -0.05) is 100 Å². The van der Waals surface area contributed by atoms with Crippen molar-refractivity contribution in [3.63, 3.8) is 0 Å². The van der Waals surface area contributed by atoms with E-state index in [9.17, 15) is 69.0 Å². The molecule has 98 heavy (non-hydrogen) atoms. The Bertz CT molecular complexity index is 3270. The smallest absolute Gasteiger partial charge is 0.317 e. The van der Waals surface area contributed by atoms with Crippen molar-refractivity contribution < 1.29 is 83.4 Å². The van der Waals surface area contributed by atoms with Gasteiger partial charge in [0.15, 0.2) is 0 Å². The van der Waals surface area contributed by atoms with Gasteiger partial charge in [-0.3, -0.25) is 72.3 Å². The molecule has 4 aromatic rings. The minimum atomic E-state index is -1.76. The molecule has 536 valence electrons. The molecule has 10 atom stereocenters. The Morgan fingerprint density at radius 2 is 1.08 bits per heavy atom. The minimum absolute atomic E-state index is 0.0330. The SMILES string of the molecule is C[C@@H](O)[C@@H]1NC(=O)[C@H](CCCCN)NC(=O)[C@@H](Cc2c[nH]c3ccccc23)NC(=O)[C@H](Cc2ccccc2)NC(=O)[C@@H](NC(=O)[C@@H](Cc2ccccc2)NC(=O)CN2CCN(CC(=O)O)CCN(CC(=O)O)CCN(CC(=O)O)CC2)CSSC[C@@H](C(=O)N[C@H](CO)[C@@H](C)O)NC1=O. The first kappa shape index (κ1) is 78.7. The molecule has 2 fully saturated rings. The van der Waals surface area contributed by atoms with Crippen LogP contribution in [0.2, 0.25) is 0 Å². The first-order valence-corrected chi connectivity index (χ1v) is 34.9. The molecular formula is C65H92N14O17S2. The number of aliphatic hydroxyl groups excluding tert-OH is 3. The third-order valence-electron chi connectivity index (χ3n) is 16.5. The lowest BCUT2D eigenvalue weighted by Crippen LogP contribution is -2.62. The van der Waals surface area contributed by atoms with Crippen LogP contribution in [0.3, 0.4) is 0 Å². The van der Waals surface area contributed by atoms with Crippen molar-refractivity contribution in [1.29, 1.82) is 0 Å². The summed E-state index contributed by atoms with van der Waals surface area (Å²) in [4.78, 5) is 163. The van der Waals surface area contributed by atoms with E-state index in [2.05, 4.69) is 47.5 Å². The number of rotatable bonds is 26. The van der Waals surface area contributed by atoms with Crippen molar-refractivity contribution in [2.24, 2.45) is 5.73 Å². The molecule has 33 heteroatoms. The summed E-state index contributed by atoms with van der Waals surface area (Å²) < 4.78 is 0. The lowest BCUT2D eigenvalue weighted by atomic mass is 10.0. The summed E-state index contributed by atoms with van der Waals surface area (Å²) in [6.45, 7) is 1.25. The Kier molecular flexibility index (Phi) is 32.6. The van der Waals surface area contributed by atoms with Crippen LogP contribution in [0.1, 0.15) is 49.8 Å². The van der Waals surface area contributed by atoms with E-state index in [-0.39, 0.29) is 103 Å². The molecule has 0 radical (unpaired) electrons. The number of hydrogen-bond donors (Lipinski definition) is 16. The van der Waals surface area contributed by atoms with E-state index >= 15 is 14.4 Å². The number of nitrogens with one attached hydrogen (secondary N) is 9. The highest BCUT2D eigenvalue weighted by molar-refractivity contribution is 8.76. The second-order valence-electron chi connectivity index (χ2n) is 24.3. The molecule has 2 saturated heterocycles. The predicted molar refractivity (Wildman–Crippen MR) is 365 cm³/mol. The largest absolute Gasteiger partial charge is 0.480 e. The van der Waals surface area contributed by atoms with Crippen LogP contribution in [0.5, 0.6) is 0 Å². The van der Waals surface area contributed by atoms with Gasteiger partial charge in [-0.15, -0.1) is 0 Å². The van der Waals surface area contributed by atoms with Crippen LogP contribution in [0.15, 0.2) is 91.1 Å². The third kappa shape index (κ3) is 26.5. The van der Waals surface area contributed by atoms with E-state index in [1.54, 1.807) is 98.6 Å². The van der Waals surface area contributed by atoms with Crippen LogP contribution < -0.4 is 48.3 Å². The Labute approximate surface area is 575 Å². The number of carbonyl (C=O) groups excluding carboxylic acids is 8. The van der Waals surface area contributed by atoms with Crippen molar-refractivity contribution in [2.45, 2.75) is 113 Å². The molecule has 2 aliphatic heterocycles. The maximum atomic E-state index is 15.3. The van der Waals surface area contributed by atoms with E-state index < -0.39 is 152 Å². The van der Waals surface area contributed by atoms with Crippen LogP contribution in [0, 0.1) is 0 Å². The first-order valence-electron chi connectivity index (χ1n) is 32.4. The zero-order valence-electron chi connectivity index (χ0n) is 54.8. The van der Waals surface area contributed by atoms with Crippen LogP contribution in [-0.2, 0) is 72.0 Å². The van der Waals surface area contributed by atoms with E-state index in [0.717, 1.165) is 21.6 Å². The fourth-order valence-electron chi connectivity index (χ4n) is 11.0. The second-order valence-corrected chi connectivity index (χ2v) is 26.8. The zero-order chi connectivity index (χ0) is 71.3. The molecule has 0 spiro atoms. The molecule has 8 amide bonds. The first-order chi connectivity index (χ1) is 46.9. The highest BCUT2D eigenvalue weighted by Crippen LogP contribution is 2.25. The number of carboxylic acids is 3. The normalized spacial score (nSPS) is 22.1. The van der Waals surface area contributed by atoms with E-state index in [4.69, 9.17) is 5.73 Å². The number of unbranched alkanes of at least 4 members (excludes halogenated alkanes) is 1. The Balaban J connectivity index is 1.39. The molecule has 2 aliphatic rings. The maximum Gasteiger partial charge on any atom is 0.317 e. The summed E-state index contributed by atoms with van der Waals surface area (Å²) in [5.74, 6) is -11.2. The van der Waals surface area contributed by atoms with Crippen molar-refractivity contribution in [3.05, 3.63) is 108 Å². The molecule has 31 nitrogen and oxygen atoms in total. The summed E-state index contributed by atoms with van der Waals surface area (Å²) in [7, 11) is 1.86. The number of fused-ring (bicyclic) bond motifs is 1. The fourth-order valence-corrected chi connectivity index (χ4v) is 13.4. The molecule has 0 bridgehead atoms. The summed E-state index contributed by atoms with van der Waals surface area (Å²) >= 11 is 0. The summed E-state index contributed by atoms with van der Waals surface area (Å²) in [5.41, 5.74) is 8.27. The molecular weight excluding hydrogens is 1310 g/mol. The molecule has 0 unspecified atom stereocenters. The quantitative estimate of drug-likeness (QED) is 0.0218. The van der Waals surface area contributed by atoms with Crippen molar-refractivity contribution in [3.8, 4) is 0 Å². The average Bonchev–Trinajstić information content (AvgIpc) is 1.66. The highest BCUT2D eigenvalue weighted by atomic mass is 33.1. The number of para-hydroxylation sites is 1. The van der Waals surface area contributed by atoms with E-state index in [1.807, 2.05) is 12.1 Å². The van der Waals surface area contributed by atoms with Gasteiger partial charge in [0.2, 0.25) is 47.3 Å². The number of aliphatic carboxylic acids is 3. The highest BCUT2D eigenvalue weighted by Gasteiger charge is 2.37. The predicted octanol–water partition coefficient (Wildman–Crippen LogP) is -3.17. The number of H-pyrrole nitrogens is 1. The minimum Gasteiger partial charge on any atom is -0.480 e. The third-order valence-corrected chi connectivity index (χ3v) is 18.9. The van der Waals surface area contributed by atoms with Gasteiger partial charge in [0.25, 0.3) is 0 Å². The number of aliphatic hydroxyl groups is 3. The molecule has 1 aromatic heterocycles. The molecule has 17 N–H and O–H groups in total. The van der Waals surface area contributed by atoms with Gasteiger partial charge in [-0.05, 0) is 62.4 Å². The van der Waals surface area contributed by atoms with Gasteiger partial charge in [-0.25, -0.2) is 0 Å². The van der Waals surface area contributed by atoms with Gasteiger partial charge in [0, 0.05) is 100 Å². The van der Waals surface area contributed by atoms with Crippen LogP contribution in [0.25, 0.3) is 10.9 Å². The van der Waals surface area contributed by atoms with Crippen molar-refractivity contribution >= 4 is 97.7 Å². The molecule has 0 aliphatic carbocycles. The monoisotopic (exact) mass is 1400 g/mol. The van der Waals surface area contributed by atoms with Crippen molar-refractivity contribution in [1.82, 2.24) is 67.1 Å². The number of nitrogens with zero attached hydrogens (tertiary/aromatic N) is 4. The number of aromatic amines is 1. The maximum absolute atomic E-state index is 15.3. The fraction of sp³-hybridized carbons (Fsp3) is 0.523. The Morgan fingerprint density at radius 3 is 1.62 bits per heavy atom. The number of hydrogen-bond acceptors (Lipinski definition) is 21. The van der Waals surface area contributed by atoms with Crippen LogP contribution in [-0.4, -0.2) is 284 Å². The average molecular weight is 1410 g/mol. The molecule has 6 rings (SSSR count). The summed E-state index contributed by atoms with van der Waals surface area (Å²) in [5, 5.41) is 83.1. The van der Waals surface area contributed by atoms with E-state index in [0.29, 0.717) is 40.4 Å². The number of aromatic nitrogens is 1. The second kappa shape index (κ2) is 40.6. The summed E-state index contributed by atoms with van der Waals surface area (Å²) in [6, 6.07) is 12.5. The van der Waals surface area contributed by atoms with Gasteiger partial charge < -0.3 is 83.9 Å². The number of carbonyl (C=O) groups is 11. The standard InChI is InChI=1S/C65H92N14O17S2/c1-40(81)51(37-80)72-64(95)53-39-98-97-38-52(73-60(91)48(29-42-13-5-3-6-14-42)68-54(83)33-76-21-23-77(34-55(84)85)25-27-79(36-57(88)89)28-26-78(24-22-76)35-56(86)87)63(94)70-49(30-43-15-7-4-8-16-43)61(92)71-50(31-44-32-67-46-18-10-9-17-45(44)46)62(93)69-47(19-11-12-20-66)59(90)75-58(41(2)82)65(96)74-53/h3-10,13-18,32,40-41,47-53,58,67,80-82H,11-12,19-31,33-39,66H2,1-2H3,(H,68,83)(H,69,93)(H,70,94)(H,71,92)(H,72,95)(H,73,91)(H,74,96)(H,75,90)(H,84,85)(H,86,87)(H,88,89)/t40-,41-,47+,48-,49+,50-,51-,52+,53+,58+/m1/s1. The van der Waals surface area contributed by atoms with Gasteiger partial charge >= 0.3 is 17.9 Å². The number of carboxylic acid groups (broad SMARTS) is 3. The Morgan fingerprint density at radius 1 is 0.582 bits per heavy atom. The topological polar surface area (TPSA) is 460 Å². The molecule has 3 heterocycles. The summed E-state index contributed by atoms with van der Waals surface area (Å²) in [6.07, 6.45) is -1.04. The number of nitrogens with two attached hydrogens (primary N) is 1. The lowest BCUT2D eigenvalue weighted by molar-refractivity contribution is -0.140. The van der Waals surface area contributed by atoms with Crippen molar-refractivity contribution in [2.75, 3.05) is 103 Å². The van der Waals surface area contributed by atoms with E-state index in [1.165, 1.54) is 13.8 Å². The van der Waals surface area contributed by atoms with Crippen LogP contribution in [0.4, 0.5) is 0 Å². The molecule has 3 aromatic carbocycles. The van der Waals surface area contributed by atoms with Gasteiger partial charge in [0.05, 0.1) is 51.0 Å². The number of amides is 8. The van der Waals surface area contributed by atoms with Crippen LogP contribution >= 0.6 is 21.6 Å². The van der Waals surface area contributed by atoms with Gasteiger partial charge in [-0.2, -0.15) is 0 Å². The lowest BCUT2D eigenvalue weighted by Gasteiger charge is -2.33. The number of benzene rings is 3. The molecule has 0 saturated carbocycles. The van der Waals surface area contributed by atoms with Gasteiger partial charge in [0.1, 0.15) is 42.3 Å². The zero-order valence-corrected chi connectivity index (χ0v) is 56.5.